The Kier molecular flexibility index (Phi) is 2.70. The smallest absolute Gasteiger partial charge is 0.204 e. The molecule has 1 aromatic carbocycles. The number of anilines is 1. The molecule has 4 nitrogen and oxygen atoms in total. The van der Waals surface area contributed by atoms with Gasteiger partial charge in [-0.15, -0.1) is 0 Å². The zero-order valence-electron chi connectivity index (χ0n) is 10.7. The number of aryl methyl sites for hydroxylation is 1. The fourth-order valence-corrected chi connectivity index (χ4v) is 3.25. The molecule has 0 unspecified atom stereocenters. The van der Waals surface area contributed by atoms with Gasteiger partial charge in [0.1, 0.15) is 0 Å². The number of thiazole rings is 1. The van der Waals surface area contributed by atoms with Crippen LogP contribution in [-0.2, 0) is 6.42 Å². The molecule has 0 fully saturated rings. The van der Waals surface area contributed by atoms with Crippen LogP contribution in [-0.4, -0.2) is 15.7 Å². The van der Waals surface area contributed by atoms with Gasteiger partial charge >= 0.3 is 0 Å². The predicted octanol–water partition coefficient (Wildman–Crippen LogP) is 3.45. The van der Waals surface area contributed by atoms with E-state index in [-0.39, 0.29) is 0 Å². The first-order chi connectivity index (χ1) is 9.90. The first-order valence-electron chi connectivity index (χ1n) is 6.51. The molecule has 98 valence electrons. The van der Waals surface area contributed by atoms with Gasteiger partial charge in [0.2, 0.25) is 5.13 Å². The van der Waals surface area contributed by atoms with Crippen molar-refractivity contribution in [3.8, 4) is 0 Å². The maximum Gasteiger partial charge on any atom is 0.204 e. The van der Waals surface area contributed by atoms with E-state index in [1.54, 1.807) is 11.3 Å². The number of rotatable bonds is 2. The highest BCUT2D eigenvalue weighted by Gasteiger charge is 2.17. The topological polar surface area (TPSA) is 50.2 Å². The fourth-order valence-electron chi connectivity index (χ4n) is 2.44. The van der Waals surface area contributed by atoms with E-state index < -0.39 is 0 Å². The third kappa shape index (κ3) is 1.96. The van der Waals surface area contributed by atoms with Crippen LogP contribution in [0.15, 0.2) is 47.8 Å². The molecule has 0 saturated carbocycles. The van der Waals surface area contributed by atoms with Crippen LogP contribution in [0, 0.1) is 0 Å². The van der Waals surface area contributed by atoms with E-state index >= 15 is 0 Å². The monoisotopic (exact) mass is 280 g/mol. The minimum atomic E-state index is 0.830. The summed E-state index contributed by atoms with van der Waals surface area (Å²) >= 11 is 1.62. The summed E-state index contributed by atoms with van der Waals surface area (Å²) in [6.07, 6.45) is 5.72. The highest BCUT2D eigenvalue weighted by molar-refractivity contribution is 7.22. The first kappa shape index (κ1) is 11.5. The number of nitrogens with one attached hydrogen (secondary N) is 1. The Balaban J connectivity index is 1.63. The van der Waals surface area contributed by atoms with Gasteiger partial charge in [0.25, 0.3) is 0 Å². The maximum atomic E-state index is 4.51. The second-order valence-electron chi connectivity index (χ2n) is 4.69. The predicted molar refractivity (Wildman–Crippen MR) is 82.3 cm³/mol. The highest BCUT2D eigenvalue weighted by atomic mass is 32.1. The lowest BCUT2D eigenvalue weighted by Crippen LogP contribution is -2.00. The molecule has 0 radical (unpaired) electrons. The van der Waals surface area contributed by atoms with Crippen molar-refractivity contribution in [1.29, 1.82) is 0 Å². The van der Waals surface area contributed by atoms with E-state index in [4.69, 9.17) is 0 Å². The molecule has 2 aromatic heterocycles. The minimum absolute atomic E-state index is 0.830. The molecule has 0 saturated heterocycles. The molecule has 0 amide bonds. The first-order valence-corrected chi connectivity index (χ1v) is 7.33. The van der Waals surface area contributed by atoms with E-state index in [1.165, 1.54) is 10.3 Å². The van der Waals surface area contributed by atoms with E-state index in [0.717, 1.165) is 34.8 Å². The zero-order valence-corrected chi connectivity index (χ0v) is 11.5. The number of hydrogen-bond acceptors (Lipinski definition) is 5. The average Bonchev–Trinajstić information content (AvgIpc) is 3.08. The molecular formula is C15H12N4S. The summed E-state index contributed by atoms with van der Waals surface area (Å²) < 4.78 is 1.17. The summed E-state index contributed by atoms with van der Waals surface area (Å²) in [6.45, 7) is 0. The van der Waals surface area contributed by atoms with Crippen molar-refractivity contribution in [1.82, 2.24) is 9.97 Å². The molecule has 2 heterocycles. The molecular weight excluding hydrogens is 268 g/mol. The van der Waals surface area contributed by atoms with E-state index in [9.17, 15) is 0 Å². The number of hydrazone groups is 1. The van der Waals surface area contributed by atoms with Crippen molar-refractivity contribution in [3.05, 3.63) is 53.9 Å². The van der Waals surface area contributed by atoms with Crippen molar-refractivity contribution in [2.24, 2.45) is 5.10 Å². The second kappa shape index (κ2) is 4.68. The molecule has 0 aliphatic heterocycles. The van der Waals surface area contributed by atoms with Gasteiger partial charge < -0.3 is 0 Å². The second-order valence-corrected chi connectivity index (χ2v) is 5.72. The van der Waals surface area contributed by atoms with Gasteiger partial charge in [0.05, 0.1) is 15.9 Å². The normalized spacial score (nSPS) is 15.7. The zero-order chi connectivity index (χ0) is 13.4. The molecule has 0 bridgehead atoms. The van der Waals surface area contributed by atoms with Gasteiger partial charge in [-0.05, 0) is 36.6 Å². The van der Waals surface area contributed by atoms with Crippen LogP contribution in [0.1, 0.15) is 17.5 Å². The summed E-state index contributed by atoms with van der Waals surface area (Å²) in [7, 11) is 0. The maximum absolute atomic E-state index is 4.51. The van der Waals surface area contributed by atoms with Crippen molar-refractivity contribution < 1.29 is 0 Å². The van der Waals surface area contributed by atoms with Crippen LogP contribution in [0.25, 0.3) is 10.2 Å². The Hall–Kier alpha value is -2.27. The van der Waals surface area contributed by atoms with Crippen LogP contribution >= 0.6 is 11.3 Å². The van der Waals surface area contributed by atoms with Gasteiger partial charge in [-0.25, -0.2) is 4.98 Å². The quantitative estimate of drug-likeness (QED) is 0.731. The Morgan fingerprint density at radius 3 is 3.05 bits per heavy atom. The Morgan fingerprint density at radius 1 is 1.15 bits per heavy atom. The molecule has 1 aliphatic rings. The minimum Gasteiger partial charge on any atom is -0.264 e. The largest absolute Gasteiger partial charge is 0.264 e. The molecule has 0 spiro atoms. The van der Waals surface area contributed by atoms with Gasteiger partial charge in [0.15, 0.2) is 0 Å². The molecule has 5 heteroatoms. The van der Waals surface area contributed by atoms with Crippen molar-refractivity contribution in [3.63, 3.8) is 0 Å². The lowest BCUT2D eigenvalue weighted by molar-refractivity contribution is 1.08. The number of para-hydroxylation sites is 1. The van der Waals surface area contributed by atoms with Crippen molar-refractivity contribution in [2.45, 2.75) is 12.8 Å². The number of hydrogen-bond donors (Lipinski definition) is 1. The number of nitrogens with zero attached hydrogens (tertiary/aromatic N) is 3. The van der Waals surface area contributed by atoms with E-state index in [0.29, 0.717) is 0 Å². The highest BCUT2D eigenvalue weighted by Crippen LogP contribution is 2.26. The van der Waals surface area contributed by atoms with Crippen LogP contribution in [0.3, 0.4) is 0 Å². The third-order valence-corrected chi connectivity index (χ3v) is 4.37. The Morgan fingerprint density at radius 2 is 2.10 bits per heavy atom. The summed E-state index contributed by atoms with van der Waals surface area (Å²) in [6, 6.07) is 10.2. The molecule has 4 rings (SSSR count). The SMILES string of the molecule is c1ccc2sc(N/N=C3/CCc4ccncc43)nc2c1. The Labute approximate surface area is 120 Å². The molecule has 0 atom stereocenters. The van der Waals surface area contributed by atoms with Crippen LogP contribution in [0.5, 0.6) is 0 Å². The van der Waals surface area contributed by atoms with Gasteiger partial charge in [0, 0.05) is 18.0 Å². The molecule has 3 aromatic rings. The summed E-state index contributed by atoms with van der Waals surface area (Å²) in [5.74, 6) is 0. The van der Waals surface area contributed by atoms with E-state index in [1.807, 2.05) is 30.6 Å². The average molecular weight is 280 g/mol. The molecule has 1 aliphatic carbocycles. The van der Waals surface area contributed by atoms with Crippen LogP contribution in [0.2, 0.25) is 0 Å². The van der Waals surface area contributed by atoms with Crippen LogP contribution < -0.4 is 5.43 Å². The summed E-state index contributed by atoms with van der Waals surface area (Å²) in [4.78, 5) is 8.69. The Bertz CT molecular complexity index is 773. The van der Waals surface area contributed by atoms with Gasteiger partial charge in [-0.3, -0.25) is 10.4 Å². The van der Waals surface area contributed by atoms with Crippen molar-refractivity contribution >= 4 is 32.4 Å². The molecule has 1 N–H and O–H groups in total. The number of benzene rings is 1. The third-order valence-electron chi connectivity index (χ3n) is 3.43. The lowest BCUT2D eigenvalue weighted by atomic mass is 10.2. The van der Waals surface area contributed by atoms with Gasteiger partial charge in [-0.1, -0.05) is 23.5 Å². The van der Waals surface area contributed by atoms with E-state index in [2.05, 4.69) is 32.6 Å². The summed E-state index contributed by atoms with van der Waals surface area (Å²) in [5.41, 5.74) is 7.63. The fraction of sp³-hybridized carbons (Fsp3) is 0.133. The number of pyridine rings is 1. The number of aromatic nitrogens is 2. The number of fused-ring (bicyclic) bond motifs is 2. The van der Waals surface area contributed by atoms with Gasteiger partial charge in [-0.2, -0.15) is 5.10 Å². The van der Waals surface area contributed by atoms with Crippen LogP contribution in [0.4, 0.5) is 5.13 Å². The lowest BCUT2D eigenvalue weighted by Gasteiger charge is -1.99. The molecule has 20 heavy (non-hydrogen) atoms. The standard InChI is InChI=1S/C15H12N4S/c1-2-4-14-13(3-1)17-15(20-14)19-18-12-6-5-10-7-8-16-9-11(10)12/h1-4,7-9H,5-6H2,(H,17,19)/b18-12-. The van der Waals surface area contributed by atoms with Crippen molar-refractivity contribution in [2.75, 3.05) is 5.43 Å². The summed E-state index contributed by atoms with van der Waals surface area (Å²) in [5, 5.41) is 5.33.